The standard InChI is InChI=1S/C21H28N2O4/c24-19(22-12-6-14-27-15-16-7-2-1-3-8-16)11-13-23-20(25)17-9-4-5-10-18(17)21(23)26/h1-3,7-8,17-18H,4-6,9-15H2,(H,22,24). The molecule has 2 atom stereocenters. The molecule has 0 radical (unpaired) electrons. The molecule has 0 spiro atoms. The largest absolute Gasteiger partial charge is 0.377 e. The van der Waals surface area contributed by atoms with Gasteiger partial charge in [-0.05, 0) is 24.8 Å². The van der Waals surface area contributed by atoms with Crippen LogP contribution in [0.1, 0.15) is 44.1 Å². The van der Waals surface area contributed by atoms with E-state index in [1.807, 2.05) is 30.3 Å². The quantitative estimate of drug-likeness (QED) is 0.533. The second-order valence-electron chi connectivity index (χ2n) is 7.32. The molecule has 0 bridgehead atoms. The van der Waals surface area contributed by atoms with Gasteiger partial charge < -0.3 is 10.1 Å². The first-order chi connectivity index (χ1) is 13.2. The summed E-state index contributed by atoms with van der Waals surface area (Å²) in [5, 5.41) is 2.83. The molecule has 6 nitrogen and oxygen atoms in total. The number of fused-ring (bicyclic) bond motifs is 1. The van der Waals surface area contributed by atoms with Gasteiger partial charge in [-0.25, -0.2) is 0 Å². The second kappa shape index (κ2) is 9.65. The second-order valence-corrected chi connectivity index (χ2v) is 7.32. The van der Waals surface area contributed by atoms with Crippen LogP contribution in [0.4, 0.5) is 0 Å². The number of amides is 3. The van der Waals surface area contributed by atoms with Crippen molar-refractivity contribution < 1.29 is 19.1 Å². The van der Waals surface area contributed by atoms with Crippen molar-refractivity contribution >= 4 is 17.7 Å². The lowest BCUT2D eigenvalue weighted by atomic mass is 9.81. The van der Waals surface area contributed by atoms with E-state index in [0.29, 0.717) is 19.8 Å². The molecule has 0 aromatic heterocycles. The van der Waals surface area contributed by atoms with Crippen LogP contribution in [0.25, 0.3) is 0 Å². The third-order valence-corrected chi connectivity index (χ3v) is 5.39. The van der Waals surface area contributed by atoms with Gasteiger partial charge in [0.15, 0.2) is 0 Å². The lowest BCUT2D eigenvalue weighted by Gasteiger charge is -2.19. The molecule has 3 rings (SSSR count). The van der Waals surface area contributed by atoms with Gasteiger partial charge in [-0.1, -0.05) is 43.2 Å². The van der Waals surface area contributed by atoms with Crippen LogP contribution in [0.15, 0.2) is 30.3 Å². The van der Waals surface area contributed by atoms with Crippen molar-refractivity contribution in [3.63, 3.8) is 0 Å². The van der Waals surface area contributed by atoms with E-state index in [1.165, 1.54) is 4.90 Å². The van der Waals surface area contributed by atoms with E-state index in [0.717, 1.165) is 37.7 Å². The van der Waals surface area contributed by atoms with Crippen LogP contribution < -0.4 is 5.32 Å². The van der Waals surface area contributed by atoms with Crippen LogP contribution in [0.3, 0.4) is 0 Å². The zero-order chi connectivity index (χ0) is 19.1. The predicted octanol–water partition coefficient (Wildman–Crippen LogP) is 2.27. The Balaban J connectivity index is 1.28. The van der Waals surface area contributed by atoms with E-state index in [2.05, 4.69) is 5.32 Å². The van der Waals surface area contributed by atoms with Gasteiger partial charge in [0.25, 0.3) is 0 Å². The van der Waals surface area contributed by atoms with E-state index in [-0.39, 0.29) is 42.5 Å². The van der Waals surface area contributed by atoms with Crippen LogP contribution in [0.2, 0.25) is 0 Å². The van der Waals surface area contributed by atoms with Crippen molar-refractivity contribution in [3.05, 3.63) is 35.9 Å². The molecule has 1 saturated heterocycles. The van der Waals surface area contributed by atoms with Gasteiger partial charge in [-0.3, -0.25) is 19.3 Å². The molecule has 6 heteroatoms. The SMILES string of the molecule is O=C(CCN1C(=O)C2CCCCC2C1=O)NCCCOCc1ccccc1. The highest BCUT2D eigenvalue weighted by atomic mass is 16.5. The number of rotatable bonds is 9. The van der Waals surface area contributed by atoms with Crippen molar-refractivity contribution in [3.8, 4) is 0 Å². The molecule has 2 unspecified atom stereocenters. The molecule has 146 valence electrons. The Kier molecular flexibility index (Phi) is 6.98. The zero-order valence-electron chi connectivity index (χ0n) is 15.7. The minimum Gasteiger partial charge on any atom is -0.377 e. The van der Waals surface area contributed by atoms with Crippen LogP contribution in [0.5, 0.6) is 0 Å². The Morgan fingerprint density at radius 1 is 1.07 bits per heavy atom. The Morgan fingerprint density at radius 3 is 2.41 bits per heavy atom. The number of benzene rings is 1. The number of carbonyl (C=O) groups excluding carboxylic acids is 3. The Hall–Kier alpha value is -2.21. The fourth-order valence-corrected chi connectivity index (χ4v) is 3.92. The number of ether oxygens (including phenoxy) is 1. The fourth-order valence-electron chi connectivity index (χ4n) is 3.92. The molecule has 2 fully saturated rings. The van der Waals surface area contributed by atoms with Gasteiger partial charge >= 0.3 is 0 Å². The molecule has 1 N–H and O–H groups in total. The predicted molar refractivity (Wildman–Crippen MR) is 101 cm³/mol. The highest BCUT2D eigenvalue weighted by Gasteiger charge is 2.47. The number of carbonyl (C=O) groups is 3. The average molecular weight is 372 g/mol. The third-order valence-electron chi connectivity index (χ3n) is 5.39. The van der Waals surface area contributed by atoms with Crippen molar-refractivity contribution in [2.75, 3.05) is 19.7 Å². The molecule has 27 heavy (non-hydrogen) atoms. The van der Waals surface area contributed by atoms with Crippen molar-refractivity contribution in [2.45, 2.75) is 45.1 Å². The molecule has 1 heterocycles. The summed E-state index contributed by atoms with van der Waals surface area (Å²) in [7, 11) is 0. The summed E-state index contributed by atoms with van der Waals surface area (Å²) in [4.78, 5) is 38.0. The van der Waals surface area contributed by atoms with Gasteiger partial charge in [-0.15, -0.1) is 0 Å². The first-order valence-corrected chi connectivity index (χ1v) is 9.90. The zero-order valence-corrected chi connectivity index (χ0v) is 15.7. The molecular formula is C21H28N2O4. The fraction of sp³-hybridized carbons (Fsp3) is 0.571. The first kappa shape index (κ1) is 19.5. The maximum absolute atomic E-state index is 12.4. The summed E-state index contributed by atoms with van der Waals surface area (Å²) in [6.45, 7) is 1.86. The van der Waals surface area contributed by atoms with Crippen molar-refractivity contribution in [1.82, 2.24) is 10.2 Å². The van der Waals surface area contributed by atoms with E-state index in [1.54, 1.807) is 0 Å². The van der Waals surface area contributed by atoms with E-state index >= 15 is 0 Å². The highest BCUT2D eigenvalue weighted by molar-refractivity contribution is 6.05. The molecule has 1 saturated carbocycles. The normalized spacial score (nSPS) is 22.0. The lowest BCUT2D eigenvalue weighted by molar-refractivity contribution is -0.140. The molecule has 1 aromatic rings. The van der Waals surface area contributed by atoms with Gasteiger partial charge in [0.05, 0.1) is 18.4 Å². The van der Waals surface area contributed by atoms with Crippen LogP contribution >= 0.6 is 0 Å². The topological polar surface area (TPSA) is 75.7 Å². The van der Waals surface area contributed by atoms with Gasteiger partial charge in [0.1, 0.15) is 0 Å². The molecule has 2 aliphatic rings. The average Bonchev–Trinajstić information content (AvgIpc) is 2.94. The third kappa shape index (κ3) is 5.16. The maximum atomic E-state index is 12.4. The summed E-state index contributed by atoms with van der Waals surface area (Å²) in [6, 6.07) is 9.95. The summed E-state index contributed by atoms with van der Waals surface area (Å²) in [5.74, 6) is -0.570. The number of nitrogens with one attached hydrogen (secondary N) is 1. The summed E-state index contributed by atoms with van der Waals surface area (Å²) >= 11 is 0. The molecule has 1 aromatic carbocycles. The van der Waals surface area contributed by atoms with Gasteiger partial charge in [0, 0.05) is 26.1 Å². The van der Waals surface area contributed by atoms with E-state index in [9.17, 15) is 14.4 Å². The minimum absolute atomic E-state index is 0.0770. The number of hydrogen-bond donors (Lipinski definition) is 1. The van der Waals surface area contributed by atoms with E-state index < -0.39 is 0 Å². The highest BCUT2D eigenvalue weighted by Crippen LogP contribution is 2.37. The smallest absolute Gasteiger partial charge is 0.233 e. The molecule has 1 aliphatic heterocycles. The Bertz CT molecular complexity index is 637. The summed E-state index contributed by atoms with van der Waals surface area (Å²) in [6.07, 6.45) is 4.54. The molecule has 3 amide bonds. The van der Waals surface area contributed by atoms with Crippen molar-refractivity contribution in [1.29, 1.82) is 0 Å². The first-order valence-electron chi connectivity index (χ1n) is 9.90. The van der Waals surface area contributed by atoms with E-state index in [4.69, 9.17) is 4.74 Å². The Morgan fingerprint density at radius 2 is 1.74 bits per heavy atom. The number of nitrogens with zero attached hydrogens (tertiary/aromatic N) is 1. The van der Waals surface area contributed by atoms with Gasteiger partial charge in [-0.2, -0.15) is 0 Å². The monoisotopic (exact) mass is 372 g/mol. The lowest BCUT2D eigenvalue weighted by Crippen LogP contribution is -2.35. The number of hydrogen-bond acceptors (Lipinski definition) is 4. The summed E-state index contributed by atoms with van der Waals surface area (Å²) < 4.78 is 5.58. The summed E-state index contributed by atoms with van der Waals surface area (Å²) in [5.41, 5.74) is 1.13. The van der Waals surface area contributed by atoms with Crippen LogP contribution in [0, 0.1) is 11.8 Å². The van der Waals surface area contributed by atoms with Gasteiger partial charge in [0.2, 0.25) is 17.7 Å². The molecule has 1 aliphatic carbocycles. The number of likely N-dealkylation sites (tertiary alicyclic amines) is 1. The minimum atomic E-state index is -0.143. The van der Waals surface area contributed by atoms with Crippen LogP contribution in [-0.2, 0) is 25.7 Å². The number of imide groups is 1. The molecular weight excluding hydrogens is 344 g/mol. The van der Waals surface area contributed by atoms with Crippen LogP contribution in [-0.4, -0.2) is 42.3 Å². The van der Waals surface area contributed by atoms with Crippen molar-refractivity contribution in [2.24, 2.45) is 11.8 Å². The Labute approximate surface area is 160 Å². The maximum Gasteiger partial charge on any atom is 0.233 e.